The molecule has 0 fully saturated rings. The minimum atomic E-state index is -0.166. The van der Waals surface area contributed by atoms with E-state index in [0.717, 1.165) is 91.6 Å². The summed E-state index contributed by atoms with van der Waals surface area (Å²) in [4.78, 5) is 5.09. The molecule has 3 aliphatic rings. The van der Waals surface area contributed by atoms with Gasteiger partial charge in [0.25, 0.3) is 0 Å². The van der Waals surface area contributed by atoms with E-state index in [2.05, 4.69) is 435 Å². The van der Waals surface area contributed by atoms with E-state index in [1.807, 2.05) is 0 Å². The highest BCUT2D eigenvalue weighted by Crippen LogP contribution is 2.58. The third-order valence-electron chi connectivity index (χ3n) is 25.1. The summed E-state index contributed by atoms with van der Waals surface area (Å²) in [5, 5.41) is 9.60. The molecule has 0 radical (unpaired) electrons. The second-order valence-corrected chi connectivity index (χ2v) is 32.1. The first kappa shape index (κ1) is 66.9. The number of hydrogen-bond acceptors (Lipinski definition) is 2. The Morgan fingerprint density at radius 1 is 0.272 bits per heavy atom. The molecule has 2 heterocycles. The minimum Gasteiger partial charge on any atom is -0.308 e. The summed E-state index contributed by atoms with van der Waals surface area (Å²) >= 11 is 0. The standard InChI is InChI=1S/C110H80N4/c1-109(2)95-48-18-13-41-93(95)105-89(44-25-50-97(105)109)85-38-15-20-52-99(85)111(81-63-59-72(60-64-81)74-58-57-71-29-11-12-30-73(71)67-74)102-55-28-47-92-88-66-62-76(70-104(88)114(108(92)102)80-35-9-6-10-36-80)75-61-65-84-77(68-75)32-24-43-83(84)78-31-23-37-82(69-78)112(103-56-27-46-91-87-40-17-22-54-101(87)113(107(91)103)79-33-7-5-8-34-79)100-53-21-16-39-86(100)90-45-26-51-98-106(90)94-42-14-19-49-96(94)110(98,3)4/h5-13,15-41,43-70H,14,42H2,1-4H3. The monoisotopic (exact) mass is 1460 g/mol. The summed E-state index contributed by atoms with van der Waals surface area (Å²) in [6.07, 6.45) is 6.84. The van der Waals surface area contributed by atoms with Gasteiger partial charge in [-0.05, 0) is 220 Å². The van der Waals surface area contributed by atoms with Crippen LogP contribution in [0.15, 0.2) is 394 Å². The lowest BCUT2D eigenvalue weighted by Crippen LogP contribution is -2.16. The van der Waals surface area contributed by atoms with Gasteiger partial charge in [0.05, 0.1) is 44.8 Å². The number of hydrogen-bond donors (Lipinski definition) is 0. The molecule has 0 aliphatic heterocycles. The average molecular weight is 1460 g/mol. The number of anilines is 6. The van der Waals surface area contributed by atoms with Crippen LogP contribution in [0.1, 0.15) is 62.8 Å². The summed E-state index contributed by atoms with van der Waals surface area (Å²) in [7, 11) is 0. The third-order valence-corrected chi connectivity index (χ3v) is 25.1. The Morgan fingerprint density at radius 3 is 1.46 bits per heavy atom. The summed E-state index contributed by atoms with van der Waals surface area (Å²) in [5.74, 6) is 0. The molecular weight excluding hydrogens is 1380 g/mol. The molecule has 0 bridgehead atoms. The van der Waals surface area contributed by atoms with Crippen molar-refractivity contribution in [3.05, 3.63) is 416 Å². The number of aromatic nitrogens is 2. The van der Waals surface area contributed by atoms with Crippen molar-refractivity contribution < 1.29 is 0 Å². The molecule has 3 aliphatic carbocycles. The largest absolute Gasteiger partial charge is 0.308 e. The van der Waals surface area contributed by atoms with Gasteiger partial charge in [-0.3, -0.25) is 0 Å². The molecule has 114 heavy (non-hydrogen) atoms. The van der Waals surface area contributed by atoms with Crippen molar-refractivity contribution in [1.29, 1.82) is 0 Å². The second kappa shape index (κ2) is 26.3. The van der Waals surface area contributed by atoms with E-state index >= 15 is 0 Å². The fourth-order valence-electron chi connectivity index (χ4n) is 19.8. The normalized spacial score (nSPS) is 13.8. The number of benzene rings is 17. The Bertz CT molecular complexity index is 7220. The fraction of sp³-hybridized carbons (Fsp3) is 0.0727. The van der Waals surface area contributed by atoms with Crippen LogP contribution in [0.25, 0.3) is 149 Å². The lowest BCUT2D eigenvalue weighted by atomic mass is 9.80. The maximum atomic E-state index is 2.56. The van der Waals surface area contributed by atoms with Crippen LogP contribution in [0.2, 0.25) is 0 Å². The van der Waals surface area contributed by atoms with E-state index < -0.39 is 0 Å². The van der Waals surface area contributed by atoms with Gasteiger partial charge in [-0.25, -0.2) is 0 Å². The molecule has 0 unspecified atom stereocenters. The van der Waals surface area contributed by atoms with Crippen LogP contribution in [0.4, 0.5) is 34.1 Å². The molecule has 19 aromatic rings. The summed E-state index contributed by atoms with van der Waals surface area (Å²) in [6, 6.07) is 141. The highest BCUT2D eigenvalue weighted by atomic mass is 15.2. The zero-order valence-electron chi connectivity index (χ0n) is 64.2. The van der Waals surface area contributed by atoms with E-state index in [1.165, 1.54) is 132 Å². The van der Waals surface area contributed by atoms with E-state index in [9.17, 15) is 0 Å². The van der Waals surface area contributed by atoms with Gasteiger partial charge in [-0.1, -0.05) is 319 Å². The number of para-hydroxylation sites is 7. The predicted molar refractivity (Wildman–Crippen MR) is 483 cm³/mol. The molecule has 17 aromatic carbocycles. The van der Waals surface area contributed by atoms with Crippen LogP contribution in [0, 0.1) is 0 Å². The van der Waals surface area contributed by atoms with Crippen molar-refractivity contribution in [2.45, 2.75) is 51.4 Å². The Balaban J connectivity index is 0.696. The first-order valence-corrected chi connectivity index (χ1v) is 40.1. The number of allylic oxidation sites excluding steroid dienone is 4. The van der Waals surface area contributed by atoms with Crippen molar-refractivity contribution in [3.63, 3.8) is 0 Å². The van der Waals surface area contributed by atoms with Crippen LogP contribution >= 0.6 is 0 Å². The molecule has 0 spiro atoms. The van der Waals surface area contributed by atoms with Crippen LogP contribution in [-0.2, 0) is 10.8 Å². The molecule has 4 heteroatoms. The van der Waals surface area contributed by atoms with Crippen molar-refractivity contribution in [3.8, 4) is 78.1 Å². The van der Waals surface area contributed by atoms with Gasteiger partial charge >= 0.3 is 0 Å². The highest BCUT2D eigenvalue weighted by molar-refractivity contribution is 6.18. The topological polar surface area (TPSA) is 16.3 Å². The van der Waals surface area contributed by atoms with E-state index in [0.29, 0.717) is 0 Å². The van der Waals surface area contributed by atoms with Gasteiger partial charge in [-0.2, -0.15) is 0 Å². The molecule has 0 saturated carbocycles. The zero-order chi connectivity index (χ0) is 75.9. The molecule has 540 valence electrons. The van der Waals surface area contributed by atoms with Crippen molar-refractivity contribution in [2.75, 3.05) is 9.80 Å². The van der Waals surface area contributed by atoms with Gasteiger partial charge in [0.1, 0.15) is 0 Å². The molecule has 0 saturated heterocycles. The highest BCUT2D eigenvalue weighted by Gasteiger charge is 2.40. The lowest BCUT2D eigenvalue weighted by molar-refractivity contribution is 0.651. The molecule has 0 atom stereocenters. The van der Waals surface area contributed by atoms with Crippen LogP contribution in [0.3, 0.4) is 0 Å². The SMILES string of the molecule is CC1(C)C2=C(CCC=C2)c2c(-c3ccccc3N(c3cccc(-c4cccc5cc(-c6ccc7c8cccc(N(c9ccc(-c%10ccc%11ccccc%11c%10)cc9)c9ccccc9-c9cccc%10c9-c9ccccc9C%10(C)C)c8n(-c8ccccc8)c7c6)ccc45)c3)c3cccc4c5ccccc5n(-c5ccccc5)c34)cccc21. The third kappa shape index (κ3) is 10.4. The van der Waals surface area contributed by atoms with Crippen LogP contribution in [0.5, 0.6) is 0 Å². The van der Waals surface area contributed by atoms with Crippen molar-refractivity contribution >= 4 is 105 Å². The lowest BCUT2D eigenvalue weighted by Gasteiger charge is -2.30. The number of rotatable bonds is 13. The number of nitrogens with zero attached hydrogens (tertiary/aromatic N) is 4. The van der Waals surface area contributed by atoms with Crippen molar-refractivity contribution in [2.24, 2.45) is 0 Å². The number of fused-ring (bicyclic) bond motifs is 13. The first-order valence-electron chi connectivity index (χ1n) is 40.1. The maximum absolute atomic E-state index is 2.56. The van der Waals surface area contributed by atoms with Crippen molar-refractivity contribution in [1.82, 2.24) is 9.13 Å². The Hall–Kier alpha value is -14.1. The molecule has 0 N–H and O–H groups in total. The summed E-state index contributed by atoms with van der Waals surface area (Å²) < 4.78 is 5.00. The van der Waals surface area contributed by atoms with Gasteiger partial charge in [-0.15, -0.1) is 0 Å². The van der Waals surface area contributed by atoms with Gasteiger partial charge in [0, 0.05) is 66.3 Å². The van der Waals surface area contributed by atoms with E-state index in [-0.39, 0.29) is 10.8 Å². The van der Waals surface area contributed by atoms with Gasteiger partial charge < -0.3 is 18.9 Å². The second-order valence-electron chi connectivity index (χ2n) is 32.1. The van der Waals surface area contributed by atoms with Gasteiger partial charge in [0.15, 0.2) is 0 Å². The maximum Gasteiger partial charge on any atom is 0.0782 e. The van der Waals surface area contributed by atoms with Crippen LogP contribution in [-0.4, -0.2) is 9.13 Å². The van der Waals surface area contributed by atoms with E-state index in [4.69, 9.17) is 0 Å². The molecule has 22 rings (SSSR count). The zero-order valence-corrected chi connectivity index (χ0v) is 64.2. The first-order chi connectivity index (χ1) is 56.1. The molecular formula is C110H80N4. The quantitative estimate of drug-likeness (QED) is 0.114. The Labute approximate surface area is 665 Å². The Morgan fingerprint density at radius 2 is 0.746 bits per heavy atom. The molecule has 0 amide bonds. The minimum absolute atomic E-state index is 0.116. The Kier molecular flexibility index (Phi) is 15.4. The molecule has 2 aromatic heterocycles. The van der Waals surface area contributed by atoms with E-state index in [1.54, 1.807) is 0 Å². The average Bonchev–Trinajstić information content (AvgIpc) is 1.56. The predicted octanol–water partition coefficient (Wildman–Crippen LogP) is 30.2. The molecule has 4 nitrogen and oxygen atoms in total. The summed E-state index contributed by atoms with van der Waals surface area (Å²) in [5.41, 5.74) is 35.8. The fourth-order valence-corrected chi connectivity index (χ4v) is 19.8. The van der Waals surface area contributed by atoms with Gasteiger partial charge in [0.2, 0.25) is 0 Å². The van der Waals surface area contributed by atoms with Crippen LogP contribution < -0.4 is 9.80 Å². The smallest absolute Gasteiger partial charge is 0.0782 e. The summed E-state index contributed by atoms with van der Waals surface area (Å²) in [6.45, 7) is 9.57.